The van der Waals surface area contributed by atoms with Crippen LogP contribution in [0.1, 0.15) is 96.3 Å². The first-order valence-electron chi connectivity index (χ1n) is 11.1. The molecule has 2 aliphatic carbocycles. The van der Waals surface area contributed by atoms with Crippen LogP contribution < -0.4 is 5.32 Å². The van der Waals surface area contributed by atoms with Crippen LogP contribution in [0.2, 0.25) is 11.6 Å². The van der Waals surface area contributed by atoms with E-state index in [1.54, 1.807) is 7.28 Å². The summed E-state index contributed by atoms with van der Waals surface area (Å²) in [5.74, 6) is 4.12. The summed E-state index contributed by atoms with van der Waals surface area (Å²) < 4.78 is 0. The lowest BCUT2D eigenvalue weighted by Gasteiger charge is -2.30. The third-order valence-corrected chi connectivity index (χ3v) is 7.26. The maximum Gasteiger partial charge on any atom is 0.129 e. The Morgan fingerprint density at radius 3 is 1.70 bits per heavy atom. The van der Waals surface area contributed by atoms with E-state index >= 15 is 0 Å². The Labute approximate surface area is 146 Å². The molecule has 1 aliphatic heterocycles. The van der Waals surface area contributed by atoms with Gasteiger partial charge in [-0.15, -0.1) is 0 Å². The minimum Gasteiger partial charge on any atom is -0.317 e. The molecule has 3 rings (SSSR count). The van der Waals surface area contributed by atoms with Gasteiger partial charge in [-0.05, 0) is 30.7 Å². The Balaban J connectivity index is 1.52. The summed E-state index contributed by atoms with van der Waals surface area (Å²) >= 11 is 0. The zero-order valence-electron chi connectivity index (χ0n) is 15.5. The van der Waals surface area contributed by atoms with Crippen LogP contribution in [0.15, 0.2) is 0 Å². The van der Waals surface area contributed by atoms with Crippen LogP contribution >= 0.6 is 0 Å². The second-order valence-electron chi connectivity index (χ2n) is 8.99. The maximum absolute atomic E-state index is 3.79. The van der Waals surface area contributed by atoms with Crippen molar-refractivity contribution < 1.29 is 0 Å². The molecule has 0 amide bonds. The average molecular weight is 317 g/mol. The SMILES string of the molecule is B(C1CCCCCCC1)C1CNCC1C1CCCCCCCC1. The van der Waals surface area contributed by atoms with Gasteiger partial charge < -0.3 is 5.32 Å². The molecule has 0 aromatic carbocycles. The monoisotopic (exact) mass is 317 g/mol. The van der Waals surface area contributed by atoms with Gasteiger partial charge in [-0.25, -0.2) is 0 Å². The Morgan fingerprint density at radius 2 is 1.09 bits per heavy atom. The number of rotatable bonds is 3. The lowest BCUT2D eigenvalue weighted by atomic mass is 9.48. The molecule has 0 radical (unpaired) electrons. The van der Waals surface area contributed by atoms with Crippen molar-refractivity contribution in [3.05, 3.63) is 0 Å². The zero-order chi connectivity index (χ0) is 15.7. The molecule has 0 aromatic heterocycles. The van der Waals surface area contributed by atoms with E-state index in [1.807, 2.05) is 0 Å². The Morgan fingerprint density at radius 1 is 0.565 bits per heavy atom. The second-order valence-corrected chi connectivity index (χ2v) is 8.99. The first-order valence-corrected chi connectivity index (χ1v) is 11.1. The fourth-order valence-electron chi connectivity index (χ4n) is 5.86. The van der Waals surface area contributed by atoms with Gasteiger partial charge in [0.05, 0.1) is 0 Å². The van der Waals surface area contributed by atoms with Gasteiger partial charge >= 0.3 is 0 Å². The molecule has 1 heterocycles. The highest BCUT2D eigenvalue weighted by atomic mass is 14.9. The Bertz CT molecular complexity index is 301. The zero-order valence-corrected chi connectivity index (χ0v) is 15.5. The molecule has 0 spiro atoms. The molecule has 2 unspecified atom stereocenters. The molecule has 2 heteroatoms. The van der Waals surface area contributed by atoms with Crippen molar-refractivity contribution in [2.75, 3.05) is 13.1 Å². The molecule has 1 N–H and O–H groups in total. The molecule has 132 valence electrons. The van der Waals surface area contributed by atoms with Crippen molar-refractivity contribution >= 4 is 7.28 Å². The molecule has 3 fully saturated rings. The summed E-state index contributed by atoms with van der Waals surface area (Å²) in [6.45, 7) is 2.67. The average Bonchev–Trinajstić information content (AvgIpc) is 3.02. The van der Waals surface area contributed by atoms with Crippen molar-refractivity contribution in [3.8, 4) is 0 Å². The van der Waals surface area contributed by atoms with E-state index in [0.717, 1.165) is 23.5 Å². The van der Waals surface area contributed by atoms with E-state index in [2.05, 4.69) is 5.32 Å². The molecule has 1 nitrogen and oxygen atoms in total. The summed E-state index contributed by atoms with van der Waals surface area (Å²) in [6.07, 6.45) is 22.7. The normalized spacial score (nSPS) is 33.2. The predicted molar refractivity (Wildman–Crippen MR) is 104 cm³/mol. The van der Waals surface area contributed by atoms with Gasteiger partial charge in [0.15, 0.2) is 0 Å². The molecule has 0 bridgehead atoms. The van der Waals surface area contributed by atoms with Gasteiger partial charge in [-0.1, -0.05) is 102 Å². The topological polar surface area (TPSA) is 12.0 Å². The first-order chi connectivity index (χ1) is 11.4. The minimum absolute atomic E-state index is 1.00. The van der Waals surface area contributed by atoms with Crippen molar-refractivity contribution in [1.29, 1.82) is 0 Å². The lowest BCUT2D eigenvalue weighted by Crippen LogP contribution is -2.25. The summed E-state index contributed by atoms with van der Waals surface area (Å²) in [4.78, 5) is 0. The van der Waals surface area contributed by atoms with Crippen LogP contribution in [0.5, 0.6) is 0 Å². The van der Waals surface area contributed by atoms with E-state index in [4.69, 9.17) is 0 Å². The maximum atomic E-state index is 3.79. The summed E-state index contributed by atoms with van der Waals surface area (Å²) in [7, 11) is 1.55. The van der Waals surface area contributed by atoms with Gasteiger partial charge in [0, 0.05) is 0 Å². The third kappa shape index (κ3) is 5.80. The standard InChI is InChI=1S/C21H40BN/c1-2-5-9-13-18(12-8-4-1)20-16-23-17-21(20)22-19-14-10-6-3-7-11-15-19/h18-23H,1-17H2. The van der Waals surface area contributed by atoms with Crippen LogP contribution in [-0.4, -0.2) is 20.4 Å². The van der Waals surface area contributed by atoms with Crippen LogP contribution in [0.25, 0.3) is 0 Å². The Hall–Kier alpha value is 0.0249. The highest BCUT2D eigenvalue weighted by molar-refractivity contribution is 6.40. The van der Waals surface area contributed by atoms with Crippen LogP contribution in [-0.2, 0) is 0 Å². The molecule has 23 heavy (non-hydrogen) atoms. The first kappa shape index (κ1) is 17.8. The van der Waals surface area contributed by atoms with E-state index in [-0.39, 0.29) is 0 Å². The highest BCUT2D eigenvalue weighted by Gasteiger charge is 2.35. The van der Waals surface area contributed by atoms with Crippen LogP contribution in [0.3, 0.4) is 0 Å². The van der Waals surface area contributed by atoms with E-state index in [1.165, 1.54) is 109 Å². The summed E-state index contributed by atoms with van der Waals surface area (Å²) in [5.41, 5.74) is 0. The quantitative estimate of drug-likeness (QED) is 0.657. The number of hydrogen-bond donors (Lipinski definition) is 1. The van der Waals surface area contributed by atoms with E-state index < -0.39 is 0 Å². The fourth-order valence-corrected chi connectivity index (χ4v) is 5.86. The second kappa shape index (κ2) is 10.1. The van der Waals surface area contributed by atoms with Crippen LogP contribution in [0.4, 0.5) is 0 Å². The molecule has 1 saturated heterocycles. The lowest BCUT2D eigenvalue weighted by molar-refractivity contribution is 0.301. The van der Waals surface area contributed by atoms with Gasteiger partial charge in [0.25, 0.3) is 0 Å². The third-order valence-electron chi connectivity index (χ3n) is 7.26. The van der Waals surface area contributed by atoms with Crippen LogP contribution in [0, 0.1) is 11.8 Å². The molecule has 3 aliphatic rings. The van der Waals surface area contributed by atoms with Gasteiger partial charge in [0.2, 0.25) is 0 Å². The Kier molecular flexibility index (Phi) is 7.84. The van der Waals surface area contributed by atoms with E-state index in [9.17, 15) is 0 Å². The van der Waals surface area contributed by atoms with Gasteiger partial charge in [0.1, 0.15) is 7.28 Å². The predicted octanol–water partition coefficient (Wildman–Crippen LogP) is 5.71. The largest absolute Gasteiger partial charge is 0.317 e. The van der Waals surface area contributed by atoms with Crippen molar-refractivity contribution in [2.45, 2.75) is 108 Å². The number of hydrogen-bond acceptors (Lipinski definition) is 1. The summed E-state index contributed by atoms with van der Waals surface area (Å²) in [6, 6.07) is 0. The van der Waals surface area contributed by atoms with Gasteiger partial charge in [-0.3, -0.25) is 0 Å². The highest BCUT2D eigenvalue weighted by Crippen LogP contribution is 2.39. The molecule has 0 aromatic rings. The molecular weight excluding hydrogens is 277 g/mol. The fraction of sp³-hybridized carbons (Fsp3) is 1.00. The molecule has 2 saturated carbocycles. The van der Waals surface area contributed by atoms with Crippen molar-refractivity contribution in [2.24, 2.45) is 11.8 Å². The van der Waals surface area contributed by atoms with Crippen molar-refractivity contribution in [1.82, 2.24) is 5.32 Å². The summed E-state index contributed by atoms with van der Waals surface area (Å²) in [5, 5.41) is 3.79. The smallest absolute Gasteiger partial charge is 0.129 e. The van der Waals surface area contributed by atoms with Crippen molar-refractivity contribution in [3.63, 3.8) is 0 Å². The molecular formula is C21H40BN. The van der Waals surface area contributed by atoms with E-state index in [0.29, 0.717) is 0 Å². The number of nitrogens with one attached hydrogen (secondary N) is 1. The van der Waals surface area contributed by atoms with Gasteiger partial charge in [-0.2, -0.15) is 0 Å². The minimum atomic E-state index is 1.00. The molecule has 2 atom stereocenters.